The first-order valence-corrected chi connectivity index (χ1v) is 7.27. The van der Waals surface area contributed by atoms with Gasteiger partial charge < -0.3 is 9.47 Å². The zero-order valence-electron chi connectivity index (χ0n) is 12.5. The molecule has 0 N–H and O–H groups in total. The molecule has 0 fully saturated rings. The van der Waals surface area contributed by atoms with Crippen molar-refractivity contribution in [3.63, 3.8) is 0 Å². The molecule has 0 aliphatic rings. The number of benzene rings is 1. The standard InChI is InChI=1S/C17H19FN2O2/c1-2-9-20(12-14-5-3-4-6-16(14)18)17(22)13-19-10-7-15(21)8-11-19/h3-8,10-11H,2,9,12-13H2,1H3. The summed E-state index contributed by atoms with van der Waals surface area (Å²) in [5.74, 6) is -0.409. The Morgan fingerprint density at radius 2 is 1.86 bits per heavy atom. The van der Waals surface area contributed by atoms with Crippen LogP contribution in [0, 0.1) is 5.82 Å². The quantitative estimate of drug-likeness (QED) is 0.822. The van der Waals surface area contributed by atoms with E-state index in [-0.39, 0.29) is 30.2 Å². The lowest BCUT2D eigenvalue weighted by Gasteiger charge is -2.23. The molecule has 0 aliphatic heterocycles. The topological polar surface area (TPSA) is 42.3 Å². The molecule has 22 heavy (non-hydrogen) atoms. The maximum absolute atomic E-state index is 13.7. The number of pyridine rings is 1. The van der Waals surface area contributed by atoms with Gasteiger partial charge in [-0.1, -0.05) is 25.1 Å². The molecule has 0 atom stereocenters. The molecule has 0 spiro atoms. The molecule has 0 radical (unpaired) electrons. The van der Waals surface area contributed by atoms with Crippen LogP contribution in [-0.4, -0.2) is 21.9 Å². The molecule has 1 amide bonds. The molecule has 4 nitrogen and oxygen atoms in total. The number of carbonyl (C=O) groups excluding carboxylic acids is 1. The second kappa shape index (κ2) is 7.54. The molecular weight excluding hydrogens is 283 g/mol. The Morgan fingerprint density at radius 1 is 1.18 bits per heavy atom. The van der Waals surface area contributed by atoms with Gasteiger partial charge in [0.2, 0.25) is 5.91 Å². The van der Waals surface area contributed by atoms with Crippen LogP contribution in [0.15, 0.2) is 53.6 Å². The molecule has 0 saturated heterocycles. The maximum atomic E-state index is 13.7. The Bertz CT molecular complexity index is 677. The van der Waals surface area contributed by atoms with Crippen LogP contribution in [0.2, 0.25) is 0 Å². The van der Waals surface area contributed by atoms with Crippen LogP contribution in [-0.2, 0) is 17.9 Å². The highest BCUT2D eigenvalue weighted by atomic mass is 19.1. The first-order valence-electron chi connectivity index (χ1n) is 7.27. The summed E-state index contributed by atoms with van der Waals surface area (Å²) < 4.78 is 15.4. The predicted octanol–water partition coefficient (Wildman–Crippen LogP) is 2.43. The number of aromatic nitrogens is 1. The van der Waals surface area contributed by atoms with Crippen LogP contribution in [0.25, 0.3) is 0 Å². The van der Waals surface area contributed by atoms with Gasteiger partial charge in [-0.05, 0) is 12.5 Å². The van der Waals surface area contributed by atoms with Crippen molar-refractivity contribution in [3.8, 4) is 0 Å². The minimum Gasteiger partial charge on any atom is -0.345 e. The molecule has 5 heteroatoms. The second-order valence-electron chi connectivity index (χ2n) is 5.11. The summed E-state index contributed by atoms with van der Waals surface area (Å²) in [6, 6.07) is 9.29. The fourth-order valence-corrected chi connectivity index (χ4v) is 2.20. The number of hydrogen-bond donors (Lipinski definition) is 0. The van der Waals surface area contributed by atoms with Crippen molar-refractivity contribution >= 4 is 5.91 Å². The Morgan fingerprint density at radius 3 is 2.50 bits per heavy atom. The summed E-state index contributed by atoms with van der Waals surface area (Å²) in [4.78, 5) is 25.1. The van der Waals surface area contributed by atoms with Gasteiger partial charge in [-0.15, -0.1) is 0 Å². The van der Waals surface area contributed by atoms with Gasteiger partial charge in [0.1, 0.15) is 12.4 Å². The normalized spacial score (nSPS) is 10.5. The van der Waals surface area contributed by atoms with Crippen molar-refractivity contribution in [1.82, 2.24) is 9.47 Å². The maximum Gasteiger partial charge on any atom is 0.242 e. The Hall–Kier alpha value is -2.43. The molecule has 0 saturated carbocycles. The summed E-state index contributed by atoms with van der Waals surface area (Å²) >= 11 is 0. The van der Waals surface area contributed by atoms with Crippen LogP contribution in [0.4, 0.5) is 4.39 Å². The van der Waals surface area contributed by atoms with Crippen molar-refractivity contribution in [1.29, 1.82) is 0 Å². The van der Waals surface area contributed by atoms with Gasteiger partial charge in [-0.25, -0.2) is 4.39 Å². The minimum atomic E-state index is -0.306. The lowest BCUT2D eigenvalue weighted by atomic mass is 10.2. The molecule has 2 aromatic rings. The van der Waals surface area contributed by atoms with E-state index in [9.17, 15) is 14.0 Å². The number of carbonyl (C=O) groups is 1. The molecule has 0 bridgehead atoms. The van der Waals surface area contributed by atoms with Crippen LogP contribution in [0.5, 0.6) is 0 Å². The summed E-state index contributed by atoms with van der Waals surface area (Å²) in [7, 11) is 0. The molecule has 1 aromatic carbocycles. The number of halogens is 1. The Balaban J connectivity index is 2.09. The first-order chi connectivity index (χ1) is 10.6. The third kappa shape index (κ3) is 4.28. The lowest BCUT2D eigenvalue weighted by molar-refractivity contribution is -0.132. The lowest BCUT2D eigenvalue weighted by Crippen LogP contribution is -2.34. The van der Waals surface area contributed by atoms with Gasteiger partial charge >= 0.3 is 0 Å². The molecule has 116 valence electrons. The van der Waals surface area contributed by atoms with Crippen molar-refractivity contribution in [3.05, 3.63) is 70.4 Å². The fraction of sp³-hybridized carbons (Fsp3) is 0.294. The van der Waals surface area contributed by atoms with E-state index in [1.165, 1.54) is 18.2 Å². The Kier molecular flexibility index (Phi) is 5.47. The molecule has 1 aromatic heterocycles. The van der Waals surface area contributed by atoms with E-state index in [1.807, 2.05) is 6.92 Å². The van der Waals surface area contributed by atoms with E-state index in [0.717, 1.165) is 6.42 Å². The van der Waals surface area contributed by atoms with Gasteiger partial charge in [0.15, 0.2) is 5.43 Å². The zero-order chi connectivity index (χ0) is 15.9. The van der Waals surface area contributed by atoms with Gasteiger partial charge in [0, 0.05) is 43.2 Å². The van der Waals surface area contributed by atoms with Crippen molar-refractivity contribution in [2.24, 2.45) is 0 Å². The van der Waals surface area contributed by atoms with E-state index in [4.69, 9.17) is 0 Å². The third-order valence-electron chi connectivity index (χ3n) is 3.34. The monoisotopic (exact) mass is 302 g/mol. The van der Waals surface area contributed by atoms with Gasteiger partial charge in [-0.3, -0.25) is 9.59 Å². The average Bonchev–Trinajstić information content (AvgIpc) is 2.51. The summed E-state index contributed by atoms with van der Waals surface area (Å²) in [5, 5.41) is 0. The van der Waals surface area contributed by atoms with Crippen LogP contribution >= 0.6 is 0 Å². The van der Waals surface area contributed by atoms with E-state index in [2.05, 4.69) is 0 Å². The first kappa shape index (κ1) is 15.9. The zero-order valence-corrected chi connectivity index (χ0v) is 12.5. The second-order valence-corrected chi connectivity index (χ2v) is 5.11. The van der Waals surface area contributed by atoms with E-state index in [1.54, 1.807) is 40.1 Å². The average molecular weight is 302 g/mol. The number of hydrogen-bond acceptors (Lipinski definition) is 2. The van der Waals surface area contributed by atoms with Crippen LogP contribution in [0.1, 0.15) is 18.9 Å². The fourth-order valence-electron chi connectivity index (χ4n) is 2.20. The highest BCUT2D eigenvalue weighted by Gasteiger charge is 2.15. The molecule has 2 rings (SSSR count). The smallest absolute Gasteiger partial charge is 0.242 e. The van der Waals surface area contributed by atoms with E-state index in [0.29, 0.717) is 12.1 Å². The third-order valence-corrected chi connectivity index (χ3v) is 3.34. The van der Waals surface area contributed by atoms with Gasteiger partial charge in [0.05, 0.1) is 0 Å². The molecule has 0 unspecified atom stereocenters. The van der Waals surface area contributed by atoms with Crippen molar-refractivity contribution in [2.75, 3.05) is 6.54 Å². The Labute approximate surface area is 128 Å². The SMILES string of the molecule is CCCN(Cc1ccccc1F)C(=O)Cn1ccc(=O)cc1. The minimum absolute atomic E-state index is 0.0968. The summed E-state index contributed by atoms with van der Waals surface area (Å²) in [6.45, 7) is 2.92. The molecule has 0 aliphatic carbocycles. The van der Waals surface area contributed by atoms with E-state index >= 15 is 0 Å². The van der Waals surface area contributed by atoms with E-state index < -0.39 is 0 Å². The van der Waals surface area contributed by atoms with Crippen LogP contribution < -0.4 is 5.43 Å². The number of rotatable bonds is 6. The molecular formula is C17H19FN2O2. The highest BCUT2D eigenvalue weighted by molar-refractivity contribution is 5.76. The number of amides is 1. The van der Waals surface area contributed by atoms with Gasteiger partial charge in [0.25, 0.3) is 0 Å². The van der Waals surface area contributed by atoms with Crippen LogP contribution in [0.3, 0.4) is 0 Å². The highest BCUT2D eigenvalue weighted by Crippen LogP contribution is 2.11. The van der Waals surface area contributed by atoms with Gasteiger partial charge in [-0.2, -0.15) is 0 Å². The van der Waals surface area contributed by atoms with Crippen molar-refractivity contribution < 1.29 is 9.18 Å². The number of nitrogens with zero attached hydrogens (tertiary/aromatic N) is 2. The predicted molar refractivity (Wildman–Crippen MR) is 82.8 cm³/mol. The summed E-state index contributed by atoms with van der Waals surface area (Å²) in [6.07, 6.45) is 3.95. The van der Waals surface area contributed by atoms with Crippen molar-refractivity contribution in [2.45, 2.75) is 26.4 Å². The molecule has 1 heterocycles. The largest absolute Gasteiger partial charge is 0.345 e. The summed E-state index contributed by atoms with van der Waals surface area (Å²) in [5.41, 5.74) is 0.407.